The molecule has 0 radical (unpaired) electrons. The van der Waals surface area contributed by atoms with Crippen molar-refractivity contribution in [2.24, 2.45) is 0 Å². The Morgan fingerprint density at radius 3 is 3.00 bits per heavy atom. The van der Waals surface area contributed by atoms with Crippen LogP contribution in [0.5, 0.6) is 0 Å². The van der Waals surface area contributed by atoms with E-state index in [4.69, 9.17) is 16.7 Å². The molecule has 4 heteroatoms. The first-order valence-electron chi connectivity index (χ1n) is 3.69. The van der Waals surface area contributed by atoms with E-state index in [9.17, 15) is 0 Å². The zero-order valence-electron chi connectivity index (χ0n) is 6.55. The van der Waals surface area contributed by atoms with Crippen molar-refractivity contribution in [2.45, 2.75) is 6.61 Å². The van der Waals surface area contributed by atoms with Gasteiger partial charge in [-0.2, -0.15) is 0 Å². The van der Waals surface area contributed by atoms with Crippen LogP contribution in [-0.2, 0) is 6.61 Å². The summed E-state index contributed by atoms with van der Waals surface area (Å²) in [7, 11) is 0. The minimum atomic E-state index is -0.0223. The lowest BCUT2D eigenvalue weighted by Crippen LogP contribution is -1.86. The average Bonchev–Trinajstić information content (AvgIpc) is 2.54. The second kappa shape index (κ2) is 3.58. The Hall–Kier alpha value is -0.0900. The molecular weight excluding hydrogens is 272 g/mol. The van der Waals surface area contributed by atoms with Crippen LogP contribution >= 0.6 is 38.9 Å². The Labute approximate surface area is 93.1 Å². The van der Waals surface area contributed by atoms with E-state index in [-0.39, 0.29) is 6.61 Å². The van der Waals surface area contributed by atoms with E-state index in [1.807, 2.05) is 17.5 Å². The lowest BCUT2D eigenvalue weighted by molar-refractivity contribution is 0.283. The van der Waals surface area contributed by atoms with Crippen molar-refractivity contribution in [1.82, 2.24) is 0 Å². The standard InChI is InChI=1S/C9H6BrClOS/c10-7-3-8-5(1-2-13-8)6(4-12)9(7)11/h1-3,12H,4H2. The molecule has 0 saturated carbocycles. The highest BCUT2D eigenvalue weighted by atomic mass is 79.9. The molecule has 1 aromatic heterocycles. The molecule has 1 N–H and O–H groups in total. The fraction of sp³-hybridized carbons (Fsp3) is 0.111. The average molecular weight is 278 g/mol. The van der Waals surface area contributed by atoms with Gasteiger partial charge in [0.25, 0.3) is 0 Å². The normalized spacial score (nSPS) is 11.0. The smallest absolute Gasteiger partial charge is 0.0703 e. The molecule has 0 atom stereocenters. The van der Waals surface area contributed by atoms with E-state index < -0.39 is 0 Å². The van der Waals surface area contributed by atoms with E-state index in [2.05, 4.69) is 15.9 Å². The maximum absolute atomic E-state index is 9.16. The molecule has 13 heavy (non-hydrogen) atoms. The van der Waals surface area contributed by atoms with Crippen LogP contribution in [0.2, 0.25) is 5.02 Å². The van der Waals surface area contributed by atoms with Crippen LogP contribution < -0.4 is 0 Å². The highest BCUT2D eigenvalue weighted by Crippen LogP contribution is 2.35. The number of aliphatic hydroxyl groups is 1. The summed E-state index contributed by atoms with van der Waals surface area (Å²) in [4.78, 5) is 0. The number of benzene rings is 1. The molecule has 0 fully saturated rings. The van der Waals surface area contributed by atoms with E-state index >= 15 is 0 Å². The summed E-state index contributed by atoms with van der Waals surface area (Å²) in [5.74, 6) is 0. The summed E-state index contributed by atoms with van der Waals surface area (Å²) < 4.78 is 1.98. The Balaban J connectivity index is 2.87. The van der Waals surface area contributed by atoms with Crippen molar-refractivity contribution in [2.75, 3.05) is 0 Å². The Kier molecular flexibility index (Phi) is 2.60. The van der Waals surface area contributed by atoms with Gasteiger partial charge in [-0.1, -0.05) is 11.6 Å². The molecule has 68 valence electrons. The molecule has 0 saturated heterocycles. The second-order valence-corrected chi connectivity index (χ2v) is 4.82. The monoisotopic (exact) mass is 276 g/mol. The highest BCUT2D eigenvalue weighted by molar-refractivity contribution is 9.10. The van der Waals surface area contributed by atoms with E-state index in [1.165, 1.54) is 0 Å². The van der Waals surface area contributed by atoms with Crippen LogP contribution in [0.1, 0.15) is 5.56 Å². The highest BCUT2D eigenvalue weighted by Gasteiger charge is 2.09. The third-order valence-electron chi connectivity index (χ3n) is 1.91. The SMILES string of the molecule is OCc1c(Cl)c(Br)cc2sccc12. The third kappa shape index (κ3) is 1.50. The minimum Gasteiger partial charge on any atom is -0.392 e. The summed E-state index contributed by atoms with van der Waals surface area (Å²) in [5.41, 5.74) is 0.798. The van der Waals surface area contributed by atoms with Gasteiger partial charge >= 0.3 is 0 Å². The topological polar surface area (TPSA) is 20.2 Å². The van der Waals surface area contributed by atoms with Crippen molar-refractivity contribution < 1.29 is 5.11 Å². The van der Waals surface area contributed by atoms with Crippen molar-refractivity contribution in [3.8, 4) is 0 Å². The summed E-state index contributed by atoms with van der Waals surface area (Å²) >= 11 is 11.0. The van der Waals surface area contributed by atoms with E-state index in [0.717, 1.165) is 20.1 Å². The van der Waals surface area contributed by atoms with Gasteiger partial charge in [0.2, 0.25) is 0 Å². The van der Waals surface area contributed by atoms with Crippen molar-refractivity contribution in [1.29, 1.82) is 0 Å². The quantitative estimate of drug-likeness (QED) is 0.840. The summed E-state index contributed by atoms with van der Waals surface area (Å²) in [6.07, 6.45) is 0. The van der Waals surface area contributed by atoms with E-state index in [0.29, 0.717) is 5.02 Å². The Morgan fingerprint density at radius 1 is 1.54 bits per heavy atom. The lowest BCUT2D eigenvalue weighted by Gasteiger charge is -2.04. The number of aliphatic hydroxyl groups excluding tert-OH is 1. The van der Waals surface area contributed by atoms with Crippen LogP contribution in [0.25, 0.3) is 10.1 Å². The van der Waals surface area contributed by atoms with Gasteiger partial charge in [0, 0.05) is 14.7 Å². The fourth-order valence-corrected chi connectivity index (χ4v) is 2.97. The second-order valence-electron chi connectivity index (χ2n) is 2.64. The fourth-order valence-electron chi connectivity index (χ4n) is 1.28. The van der Waals surface area contributed by atoms with Crippen molar-refractivity contribution >= 4 is 49.0 Å². The molecule has 2 rings (SSSR count). The van der Waals surface area contributed by atoms with Gasteiger partial charge in [-0.05, 0) is 38.8 Å². The molecular formula is C9H6BrClOS. The molecule has 0 spiro atoms. The van der Waals surface area contributed by atoms with Crippen LogP contribution in [-0.4, -0.2) is 5.11 Å². The van der Waals surface area contributed by atoms with Crippen LogP contribution in [0.4, 0.5) is 0 Å². The number of halogens is 2. The molecule has 0 amide bonds. The Bertz CT molecular complexity index is 452. The van der Waals surface area contributed by atoms with Gasteiger partial charge in [0.15, 0.2) is 0 Å². The zero-order valence-corrected chi connectivity index (χ0v) is 9.71. The predicted octanol–water partition coefficient (Wildman–Crippen LogP) is 3.81. The molecule has 1 heterocycles. The number of hydrogen-bond acceptors (Lipinski definition) is 2. The predicted molar refractivity (Wildman–Crippen MR) is 60.5 cm³/mol. The zero-order chi connectivity index (χ0) is 9.42. The molecule has 0 bridgehead atoms. The van der Waals surface area contributed by atoms with E-state index in [1.54, 1.807) is 11.3 Å². The number of hydrogen-bond donors (Lipinski definition) is 1. The number of thiophene rings is 1. The first-order valence-corrected chi connectivity index (χ1v) is 5.74. The van der Waals surface area contributed by atoms with Crippen LogP contribution in [0, 0.1) is 0 Å². The van der Waals surface area contributed by atoms with Crippen molar-refractivity contribution in [3.05, 3.63) is 32.6 Å². The summed E-state index contributed by atoms with van der Waals surface area (Å²) in [6.45, 7) is -0.0223. The number of fused-ring (bicyclic) bond motifs is 1. The van der Waals surface area contributed by atoms with Gasteiger partial charge in [-0.25, -0.2) is 0 Å². The molecule has 1 aromatic carbocycles. The molecule has 0 aliphatic heterocycles. The maximum Gasteiger partial charge on any atom is 0.0703 e. The van der Waals surface area contributed by atoms with Gasteiger partial charge in [-0.15, -0.1) is 11.3 Å². The molecule has 0 aliphatic carbocycles. The summed E-state index contributed by atoms with van der Waals surface area (Å²) in [6, 6.07) is 3.95. The van der Waals surface area contributed by atoms with Gasteiger partial charge < -0.3 is 5.11 Å². The number of rotatable bonds is 1. The van der Waals surface area contributed by atoms with Crippen LogP contribution in [0.3, 0.4) is 0 Å². The first kappa shape index (κ1) is 9.46. The molecule has 0 unspecified atom stereocenters. The maximum atomic E-state index is 9.16. The van der Waals surface area contributed by atoms with Gasteiger partial charge in [-0.3, -0.25) is 0 Å². The lowest BCUT2D eigenvalue weighted by atomic mass is 10.1. The Morgan fingerprint density at radius 2 is 2.31 bits per heavy atom. The van der Waals surface area contributed by atoms with Crippen LogP contribution in [0.15, 0.2) is 22.0 Å². The largest absolute Gasteiger partial charge is 0.392 e. The van der Waals surface area contributed by atoms with Gasteiger partial charge in [0.05, 0.1) is 11.6 Å². The first-order chi connectivity index (χ1) is 6.24. The minimum absolute atomic E-state index is 0.0223. The van der Waals surface area contributed by atoms with Gasteiger partial charge in [0.1, 0.15) is 0 Å². The summed E-state index contributed by atoms with van der Waals surface area (Å²) in [5, 5.41) is 12.8. The third-order valence-corrected chi connectivity index (χ3v) is 4.06. The molecule has 1 nitrogen and oxygen atoms in total. The molecule has 2 aromatic rings. The molecule has 0 aliphatic rings. The van der Waals surface area contributed by atoms with Crippen molar-refractivity contribution in [3.63, 3.8) is 0 Å².